The average Bonchev–Trinajstić information content (AvgIpc) is 2.93. The summed E-state index contributed by atoms with van der Waals surface area (Å²) in [5.41, 5.74) is 1.60. The van der Waals surface area contributed by atoms with Gasteiger partial charge in [-0.2, -0.15) is 0 Å². The Balaban J connectivity index is 2.00. The summed E-state index contributed by atoms with van der Waals surface area (Å²) >= 11 is 0. The van der Waals surface area contributed by atoms with Gasteiger partial charge >= 0.3 is 0 Å². The number of aryl methyl sites for hydroxylation is 1. The zero-order chi connectivity index (χ0) is 16.7. The zero-order valence-corrected chi connectivity index (χ0v) is 13.8. The van der Waals surface area contributed by atoms with Crippen molar-refractivity contribution in [1.82, 2.24) is 14.3 Å². The molecule has 0 radical (unpaired) electrons. The lowest BCUT2D eigenvalue weighted by Gasteiger charge is -2.22. The quantitative estimate of drug-likeness (QED) is 0.693. The lowest BCUT2D eigenvalue weighted by atomic mass is 10.4. The third-order valence-electron chi connectivity index (χ3n) is 3.40. The SMILES string of the molecule is COCCN(CCOC)C(=O)COc1cccn2cc(C)nc12. The van der Waals surface area contributed by atoms with Gasteiger partial charge < -0.3 is 23.5 Å². The minimum Gasteiger partial charge on any atom is -0.480 e. The molecule has 0 aliphatic carbocycles. The first-order valence-electron chi connectivity index (χ1n) is 7.48. The van der Waals surface area contributed by atoms with Gasteiger partial charge in [0, 0.05) is 39.7 Å². The topological polar surface area (TPSA) is 65.3 Å². The van der Waals surface area contributed by atoms with Gasteiger partial charge in [0.25, 0.3) is 5.91 Å². The monoisotopic (exact) mass is 321 g/mol. The number of carbonyl (C=O) groups is 1. The van der Waals surface area contributed by atoms with Crippen molar-refractivity contribution in [3.05, 3.63) is 30.2 Å². The molecule has 126 valence electrons. The number of imidazole rings is 1. The van der Waals surface area contributed by atoms with Crippen LogP contribution in [0.4, 0.5) is 0 Å². The minimum atomic E-state index is -0.107. The molecule has 0 saturated carbocycles. The molecule has 2 rings (SSSR count). The summed E-state index contributed by atoms with van der Waals surface area (Å²) in [5, 5.41) is 0. The summed E-state index contributed by atoms with van der Waals surface area (Å²) in [6, 6.07) is 3.67. The van der Waals surface area contributed by atoms with Crippen LogP contribution in [-0.4, -0.2) is 67.3 Å². The third-order valence-corrected chi connectivity index (χ3v) is 3.40. The van der Waals surface area contributed by atoms with Gasteiger partial charge in [0.05, 0.1) is 18.9 Å². The normalized spacial score (nSPS) is 10.9. The first-order chi connectivity index (χ1) is 11.2. The highest BCUT2D eigenvalue weighted by atomic mass is 16.5. The molecular formula is C16H23N3O4. The lowest BCUT2D eigenvalue weighted by Crippen LogP contribution is -2.39. The molecule has 7 heteroatoms. The Labute approximate surface area is 135 Å². The van der Waals surface area contributed by atoms with Gasteiger partial charge in [-0.25, -0.2) is 4.98 Å². The highest BCUT2D eigenvalue weighted by Gasteiger charge is 2.15. The molecule has 0 atom stereocenters. The van der Waals surface area contributed by atoms with Gasteiger partial charge in [-0.1, -0.05) is 0 Å². The maximum atomic E-state index is 12.3. The summed E-state index contributed by atoms with van der Waals surface area (Å²) in [5.74, 6) is 0.483. The molecule has 23 heavy (non-hydrogen) atoms. The van der Waals surface area contributed by atoms with Gasteiger partial charge in [-0.15, -0.1) is 0 Å². The highest BCUT2D eigenvalue weighted by Crippen LogP contribution is 2.18. The maximum Gasteiger partial charge on any atom is 0.260 e. The number of carbonyl (C=O) groups excluding carboxylic acids is 1. The number of fused-ring (bicyclic) bond motifs is 1. The number of aromatic nitrogens is 2. The Morgan fingerprint density at radius 1 is 1.26 bits per heavy atom. The van der Waals surface area contributed by atoms with Crippen LogP contribution in [0.5, 0.6) is 5.75 Å². The fourth-order valence-electron chi connectivity index (χ4n) is 2.22. The van der Waals surface area contributed by atoms with Crippen LogP contribution in [0.3, 0.4) is 0 Å². The van der Waals surface area contributed by atoms with Crippen LogP contribution in [-0.2, 0) is 14.3 Å². The van der Waals surface area contributed by atoms with E-state index in [1.807, 2.05) is 35.9 Å². The van der Waals surface area contributed by atoms with Crippen LogP contribution in [0.15, 0.2) is 24.5 Å². The van der Waals surface area contributed by atoms with E-state index >= 15 is 0 Å². The van der Waals surface area contributed by atoms with E-state index in [0.29, 0.717) is 37.7 Å². The van der Waals surface area contributed by atoms with Crippen LogP contribution in [0, 0.1) is 6.92 Å². The first-order valence-corrected chi connectivity index (χ1v) is 7.48. The van der Waals surface area contributed by atoms with Crippen LogP contribution in [0.2, 0.25) is 0 Å². The van der Waals surface area contributed by atoms with Crippen molar-refractivity contribution in [2.24, 2.45) is 0 Å². The number of hydrogen-bond donors (Lipinski definition) is 0. The highest BCUT2D eigenvalue weighted by molar-refractivity contribution is 5.78. The molecule has 0 aliphatic rings. The molecule has 7 nitrogen and oxygen atoms in total. The first kappa shape index (κ1) is 17.2. The number of amides is 1. The predicted molar refractivity (Wildman–Crippen MR) is 85.8 cm³/mol. The number of pyridine rings is 1. The molecule has 1 amide bonds. The fraction of sp³-hybridized carbons (Fsp3) is 0.500. The van der Waals surface area contributed by atoms with E-state index in [1.165, 1.54) is 0 Å². The Morgan fingerprint density at radius 2 is 1.96 bits per heavy atom. The molecule has 0 spiro atoms. The van der Waals surface area contributed by atoms with Crippen molar-refractivity contribution in [2.75, 3.05) is 47.1 Å². The van der Waals surface area contributed by atoms with E-state index in [2.05, 4.69) is 4.98 Å². The standard InChI is InChI=1S/C16H23N3O4/c1-13-11-19-6-4-5-14(16(19)17-13)23-12-15(20)18(7-9-21-2)8-10-22-3/h4-6,11H,7-10,12H2,1-3H3. The van der Waals surface area contributed by atoms with Crippen molar-refractivity contribution in [1.29, 1.82) is 0 Å². The van der Waals surface area contributed by atoms with Crippen molar-refractivity contribution >= 4 is 11.6 Å². The summed E-state index contributed by atoms with van der Waals surface area (Å²) in [4.78, 5) is 18.4. The van der Waals surface area contributed by atoms with E-state index in [9.17, 15) is 4.79 Å². The molecular weight excluding hydrogens is 298 g/mol. The fourth-order valence-corrected chi connectivity index (χ4v) is 2.22. The Morgan fingerprint density at radius 3 is 2.61 bits per heavy atom. The largest absolute Gasteiger partial charge is 0.480 e. The summed E-state index contributed by atoms with van der Waals surface area (Å²) in [7, 11) is 3.22. The molecule has 0 fully saturated rings. The Kier molecular flexibility index (Phi) is 6.37. The van der Waals surface area contributed by atoms with Gasteiger partial charge in [-0.3, -0.25) is 4.79 Å². The smallest absolute Gasteiger partial charge is 0.260 e. The van der Waals surface area contributed by atoms with Crippen LogP contribution >= 0.6 is 0 Å². The van der Waals surface area contributed by atoms with E-state index in [1.54, 1.807) is 19.1 Å². The van der Waals surface area contributed by atoms with E-state index in [-0.39, 0.29) is 12.5 Å². The van der Waals surface area contributed by atoms with E-state index in [4.69, 9.17) is 14.2 Å². The van der Waals surface area contributed by atoms with Crippen molar-refractivity contribution in [3.63, 3.8) is 0 Å². The van der Waals surface area contributed by atoms with Crippen LogP contribution < -0.4 is 4.74 Å². The maximum absolute atomic E-state index is 12.3. The number of hydrogen-bond acceptors (Lipinski definition) is 5. The second kappa shape index (κ2) is 8.50. The van der Waals surface area contributed by atoms with E-state index in [0.717, 1.165) is 5.69 Å². The summed E-state index contributed by atoms with van der Waals surface area (Å²) < 4.78 is 17.6. The average molecular weight is 321 g/mol. The summed E-state index contributed by atoms with van der Waals surface area (Å²) in [6.45, 7) is 3.84. The molecule has 2 aromatic heterocycles. The van der Waals surface area contributed by atoms with Crippen molar-refractivity contribution in [2.45, 2.75) is 6.92 Å². The number of ether oxygens (including phenoxy) is 3. The molecule has 0 aliphatic heterocycles. The number of nitrogens with zero attached hydrogens (tertiary/aromatic N) is 3. The molecule has 0 unspecified atom stereocenters. The zero-order valence-electron chi connectivity index (χ0n) is 13.8. The Bertz CT molecular complexity index is 633. The number of rotatable bonds is 9. The summed E-state index contributed by atoms with van der Waals surface area (Å²) in [6.07, 6.45) is 3.81. The van der Waals surface area contributed by atoms with E-state index < -0.39 is 0 Å². The second-order valence-electron chi connectivity index (χ2n) is 5.14. The third kappa shape index (κ3) is 4.67. The minimum absolute atomic E-state index is 0.0426. The molecule has 0 aromatic carbocycles. The van der Waals surface area contributed by atoms with Crippen molar-refractivity contribution in [3.8, 4) is 5.75 Å². The van der Waals surface area contributed by atoms with Crippen LogP contribution in [0.25, 0.3) is 5.65 Å². The molecule has 0 bridgehead atoms. The van der Waals surface area contributed by atoms with Gasteiger partial charge in [-0.05, 0) is 19.1 Å². The van der Waals surface area contributed by atoms with Gasteiger partial charge in [0.1, 0.15) is 0 Å². The number of methoxy groups -OCH3 is 2. The molecule has 0 N–H and O–H groups in total. The van der Waals surface area contributed by atoms with Crippen LogP contribution in [0.1, 0.15) is 5.69 Å². The van der Waals surface area contributed by atoms with Crippen molar-refractivity contribution < 1.29 is 19.0 Å². The van der Waals surface area contributed by atoms with Gasteiger partial charge in [0.2, 0.25) is 0 Å². The molecule has 2 heterocycles. The molecule has 0 saturated heterocycles. The Hall–Kier alpha value is -2.12. The molecule has 2 aromatic rings. The predicted octanol–water partition coefficient (Wildman–Crippen LogP) is 1.14. The lowest BCUT2D eigenvalue weighted by molar-refractivity contribution is -0.134. The second-order valence-corrected chi connectivity index (χ2v) is 5.14. The van der Waals surface area contributed by atoms with Gasteiger partial charge in [0.15, 0.2) is 18.0 Å².